The molecule has 6 nitrogen and oxygen atoms in total. The maximum Gasteiger partial charge on any atom is 0.450 e. The van der Waals surface area contributed by atoms with E-state index in [0.29, 0.717) is 19.8 Å². The topological polar surface area (TPSA) is 63.2 Å². The lowest BCUT2D eigenvalue weighted by molar-refractivity contribution is -0.530. The Balaban J connectivity index is 2.60. The number of halogens is 6. The summed E-state index contributed by atoms with van der Waals surface area (Å²) in [6, 6.07) is 0. The summed E-state index contributed by atoms with van der Waals surface area (Å²) in [6.07, 6.45) is -7.13. The van der Waals surface area contributed by atoms with Crippen molar-refractivity contribution in [1.82, 2.24) is 0 Å². The van der Waals surface area contributed by atoms with Crippen LogP contribution in [0.3, 0.4) is 0 Å². The number of carbonyl (C=O) groups excluding carboxylic acids is 1. The van der Waals surface area contributed by atoms with Gasteiger partial charge in [-0.15, -0.1) is 0 Å². The van der Waals surface area contributed by atoms with Crippen molar-refractivity contribution >= 4 is 5.97 Å². The summed E-state index contributed by atoms with van der Waals surface area (Å²) in [5.41, 5.74) is -3.07. The molecule has 4 atom stereocenters. The van der Waals surface area contributed by atoms with Gasteiger partial charge in [0.2, 0.25) is 5.83 Å². The second kappa shape index (κ2) is 9.86. The lowest BCUT2D eigenvalue weighted by atomic mass is 9.74. The first kappa shape index (κ1) is 26.9. The smallest absolute Gasteiger partial charge is 0.450 e. The van der Waals surface area contributed by atoms with E-state index in [4.69, 9.17) is 18.9 Å². The van der Waals surface area contributed by atoms with E-state index >= 15 is 8.78 Å². The highest BCUT2D eigenvalue weighted by atomic mass is 19.4. The Bertz CT molecular complexity index is 676. The van der Waals surface area contributed by atoms with Crippen molar-refractivity contribution in [1.29, 1.82) is 0 Å². The Hall–Kier alpha value is -1.37. The van der Waals surface area contributed by atoms with Crippen LogP contribution in [0.4, 0.5) is 26.3 Å². The van der Waals surface area contributed by atoms with Gasteiger partial charge in [-0.2, -0.15) is 26.3 Å². The maximum absolute atomic E-state index is 15.9. The van der Waals surface area contributed by atoms with Gasteiger partial charge in [0.25, 0.3) is 0 Å². The number of carbonyl (C=O) groups is 1. The highest BCUT2D eigenvalue weighted by Crippen LogP contribution is 2.57. The summed E-state index contributed by atoms with van der Waals surface area (Å²) in [6.45, 7) is 3.58. The molecule has 1 saturated heterocycles. The first-order valence-corrected chi connectivity index (χ1v) is 10.3. The van der Waals surface area contributed by atoms with Crippen LogP contribution in [-0.2, 0) is 28.5 Å². The van der Waals surface area contributed by atoms with Crippen LogP contribution in [0.25, 0.3) is 0 Å². The molecule has 32 heavy (non-hydrogen) atoms. The molecule has 1 saturated carbocycles. The van der Waals surface area contributed by atoms with Crippen LogP contribution in [-0.4, -0.2) is 55.8 Å². The predicted octanol–water partition coefficient (Wildman–Crippen LogP) is 5.02. The van der Waals surface area contributed by atoms with E-state index in [2.05, 4.69) is 11.3 Å². The third-order valence-corrected chi connectivity index (χ3v) is 6.00. The molecule has 186 valence electrons. The molecule has 0 aromatic heterocycles. The van der Waals surface area contributed by atoms with Gasteiger partial charge in [-0.05, 0) is 32.1 Å². The minimum absolute atomic E-state index is 0.200. The van der Waals surface area contributed by atoms with Gasteiger partial charge in [-0.25, -0.2) is 4.79 Å². The molecule has 1 heterocycles. The van der Waals surface area contributed by atoms with Crippen molar-refractivity contribution in [2.24, 2.45) is 5.92 Å². The van der Waals surface area contributed by atoms with Crippen LogP contribution < -0.4 is 0 Å². The highest BCUT2D eigenvalue weighted by molar-refractivity contribution is 5.85. The van der Waals surface area contributed by atoms with E-state index in [9.17, 15) is 22.4 Å². The maximum atomic E-state index is 15.9. The Morgan fingerprint density at radius 1 is 1.19 bits per heavy atom. The monoisotopic (exact) mass is 478 g/mol. The van der Waals surface area contributed by atoms with Gasteiger partial charge in [0.1, 0.15) is 6.10 Å². The second-order valence-corrected chi connectivity index (χ2v) is 8.02. The molecule has 0 spiro atoms. The van der Waals surface area contributed by atoms with E-state index in [1.165, 1.54) is 6.92 Å². The fourth-order valence-corrected chi connectivity index (χ4v) is 4.20. The summed E-state index contributed by atoms with van der Waals surface area (Å²) >= 11 is 0. The summed E-state index contributed by atoms with van der Waals surface area (Å²) in [5, 5.41) is 0. The molecule has 1 aliphatic heterocycles. The van der Waals surface area contributed by atoms with Gasteiger partial charge < -0.3 is 23.7 Å². The zero-order valence-corrected chi connectivity index (χ0v) is 18.1. The number of alkyl halides is 5. The fourth-order valence-electron chi connectivity index (χ4n) is 4.20. The van der Waals surface area contributed by atoms with Crippen LogP contribution in [0.1, 0.15) is 52.4 Å². The quantitative estimate of drug-likeness (QED) is 0.211. The van der Waals surface area contributed by atoms with Gasteiger partial charge in [-0.1, -0.05) is 32.8 Å². The van der Waals surface area contributed by atoms with Crippen molar-refractivity contribution in [3.63, 3.8) is 0 Å². The number of methoxy groups -OCH3 is 1. The molecular weight excluding hydrogens is 450 g/mol. The van der Waals surface area contributed by atoms with Crippen LogP contribution in [0.2, 0.25) is 0 Å². The van der Waals surface area contributed by atoms with E-state index in [-0.39, 0.29) is 19.3 Å². The van der Waals surface area contributed by atoms with Gasteiger partial charge in [0.05, 0.1) is 0 Å². The Kier molecular flexibility index (Phi) is 8.28. The summed E-state index contributed by atoms with van der Waals surface area (Å²) in [7, 11) is 0.994. The molecular formula is C20H28F6O6. The van der Waals surface area contributed by atoms with Crippen molar-refractivity contribution in [3.8, 4) is 0 Å². The van der Waals surface area contributed by atoms with Gasteiger partial charge in [-0.3, -0.25) is 0 Å². The van der Waals surface area contributed by atoms with Crippen LogP contribution >= 0.6 is 0 Å². The number of hydrogen-bond acceptors (Lipinski definition) is 6. The van der Waals surface area contributed by atoms with Crippen molar-refractivity contribution in [2.75, 3.05) is 13.9 Å². The lowest BCUT2D eigenvalue weighted by Crippen LogP contribution is -2.77. The molecule has 0 amide bonds. The predicted molar refractivity (Wildman–Crippen MR) is 98.1 cm³/mol. The zero-order chi connectivity index (χ0) is 24.4. The molecule has 2 aliphatic rings. The summed E-state index contributed by atoms with van der Waals surface area (Å²) in [5.74, 6) is -13.4. The van der Waals surface area contributed by atoms with E-state index in [1.807, 2.05) is 0 Å². The molecule has 1 aliphatic carbocycles. The Morgan fingerprint density at radius 2 is 1.78 bits per heavy atom. The zero-order valence-electron chi connectivity index (χ0n) is 18.1. The number of hydrogen-bond donors (Lipinski definition) is 0. The number of ether oxygens (including phenoxy) is 5. The fraction of sp³-hybridized carbons (Fsp3) is 0.850. The largest absolute Gasteiger partial charge is 0.453 e. The summed E-state index contributed by atoms with van der Waals surface area (Å²) in [4.78, 5) is 11.9. The minimum atomic E-state index is -5.74. The Labute approximate surface area is 182 Å². The second-order valence-electron chi connectivity index (χ2n) is 8.02. The van der Waals surface area contributed by atoms with Crippen LogP contribution in [0.5, 0.6) is 0 Å². The Morgan fingerprint density at radius 3 is 2.25 bits per heavy atom. The average molecular weight is 478 g/mol. The summed E-state index contributed by atoms with van der Waals surface area (Å²) < 4.78 is 111. The van der Waals surface area contributed by atoms with Crippen LogP contribution in [0, 0.1) is 5.92 Å². The van der Waals surface area contributed by atoms with Crippen molar-refractivity contribution in [3.05, 3.63) is 12.4 Å². The molecule has 12 heteroatoms. The number of esters is 1. The standard InChI is InChI=1S/C20H28F6O6/c1-5-14(28-4)32-19(20(24,25)26)18(22,23)17(3,29-11-30-19)15(31-16(27)12(2)21)13-9-7-6-8-10-13/h13-15H,2,5-11H2,1,3-4H3. The third kappa shape index (κ3) is 4.64. The molecule has 0 N–H and O–H groups in total. The minimum Gasteiger partial charge on any atom is -0.453 e. The lowest BCUT2D eigenvalue weighted by Gasteiger charge is -2.55. The van der Waals surface area contributed by atoms with Gasteiger partial charge in [0.15, 0.2) is 18.7 Å². The first-order valence-electron chi connectivity index (χ1n) is 10.3. The molecule has 0 aromatic rings. The molecule has 4 unspecified atom stereocenters. The van der Waals surface area contributed by atoms with Crippen molar-refractivity contribution in [2.45, 2.75) is 88.3 Å². The van der Waals surface area contributed by atoms with Crippen LogP contribution in [0.15, 0.2) is 12.4 Å². The normalized spacial score (nSPS) is 31.0. The van der Waals surface area contributed by atoms with E-state index in [0.717, 1.165) is 13.5 Å². The van der Waals surface area contributed by atoms with E-state index in [1.54, 1.807) is 0 Å². The van der Waals surface area contributed by atoms with Gasteiger partial charge >= 0.3 is 23.9 Å². The highest BCUT2D eigenvalue weighted by Gasteiger charge is 2.83. The average Bonchev–Trinajstić information content (AvgIpc) is 2.72. The SMILES string of the molecule is C=C(F)C(=O)OC(C1CCCCC1)C1(C)OCOC(OC(CC)OC)(C(F)(F)F)C1(F)F. The molecule has 2 rings (SSSR count). The van der Waals surface area contributed by atoms with Crippen molar-refractivity contribution < 1.29 is 54.8 Å². The van der Waals surface area contributed by atoms with E-state index < -0.39 is 60.4 Å². The molecule has 0 aromatic carbocycles. The van der Waals surface area contributed by atoms with Gasteiger partial charge in [0, 0.05) is 7.11 Å². The molecule has 2 fully saturated rings. The first-order chi connectivity index (χ1) is 14.8. The molecule has 0 bridgehead atoms. The third-order valence-electron chi connectivity index (χ3n) is 6.00. The molecule has 0 radical (unpaired) electrons. The number of rotatable bonds is 8.